The van der Waals surface area contributed by atoms with E-state index in [1.807, 2.05) is 0 Å². The molecule has 0 aromatic carbocycles. The Balaban J connectivity index is 1.50. The summed E-state index contributed by atoms with van der Waals surface area (Å²) in [5, 5.41) is 6.93. The van der Waals surface area contributed by atoms with Gasteiger partial charge in [-0.3, -0.25) is 0 Å². The summed E-state index contributed by atoms with van der Waals surface area (Å²) < 4.78 is 0. The van der Waals surface area contributed by atoms with Gasteiger partial charge in [0.15, 0.2) is 0 Å². The number of rotatable bonds is 4. The fourth-order valence-corrected chi connectivity index (χ4v) is 2.38. The van der Waals surface area contributed by atoms with E-state index in [4.69, 9.17) is 0 Å². The van der Waals surface area contributed by atoms with Crippen molar-refractivity contribution in [1.29, 1.82) is 0 Å². The first-order valence-corrected chi connectivity index (χ1v) is 5.86. The molecule has 0 amide bonds. The highest BCUT2D eigenvalue weighted by atomic mass is 15.0. The van der Waals surface area contributed by atoms with Crippen LogP contribution in [0.3, 0.4) is 0 Å². The summed E-state index contributed by atoms with van der Waals surface area (Å²) in [6, 6.07) is 0. The maximum absolute atomic E-state index is 3.62. The molecule has 1 saturated heterocycles. The second kappa shape index (κ2) is 4.97. The van der Waals surface area contributed by atoms with Crippen molar-refractivity contribution in [1.82, 2.24) is 10.6 Å². The molecule has 0 unspecified atom stereocenters. The molecule has 0 spiro atoms. The van der Waals surface area contributed by atoms with Gasteiger partial charge in [-0.2, -0.15) is 0 Å². The van der Waals surface area contributed by atoms with Gasteiger partial charge in [0.2, 0.25) is 0 Å². The summed E-state index contributed by atoms with van der Waals surface area (Å²) in [5.41, 5.74) is 0. The van der Waals surface area contributed by atoms with Crippen LogP contribution in [0.1, 0.15) is 32.1 Å². The highest BCUT2D eigenvalue weighted by molar-refractivity contribution is 4.77. The van der Waals surface area contributed by atoms with Crippen LogP contribution in [-0.4, -0.2) is 26.2 Å². The first kappa shape index (κ1) is 9.47. The van der Waals surface area contributed by atoms with Gasteiger partial charge in [0.25, 0.3) is 0 Å². The van der Waals surface area contributed by atoms with Crippen LogP contribution >= 0.6 is 0 Å². The van der Waals surface area contributed by atoms with Crippen molar-refractivity contribution < 1.29 is 0 Å². The zero-order valence-electron chi connectivity index (χ0n) is 8.52. The lowest BCUT2D eigenvalue weighted by Gasteiger charge is -2.29. The Bertz CT molecular complexity index is 137. The second-order valence-electron chi connectivity index (χ2n) is 4.69. The summed E-state index contributed by atoms with van der Waals surface area (Å²) >= 11 is 0. The van der Waals surface area contributed by atoms with Gasteiger partial charge in [-0.05, 0) is 31.2 Å². The van der Waals surface area contributed by atoms with Crippen LogP contribution in [0.5, 0.6) is 0 Å². The van der Waals surface area contributed by atoms with Gasteiger partial charge >= 0.3 is 0 Å². The van der Waals surface area contributed by atoms with E-state index in [1.54, 1.807) is 0 Å². The predicted molar refractivity (Wildman–Crippen MR) is 55.8 cm³/mol. The van der Waals surface area contributed by atoms with Gasteiger partial charge in [-0.25, -0.2) is 0 Å². The Hall–Kier alpha value is -0.0800. The third-order valence-corrected chi connectivity index (χ3v) is 3.46. The highest BCUT2D eigenvalue weighted by Gasteiger charge is 2.17. The van der Waals surface area contributed by atoms with E-state index < -0.39 is 0 Å². The van der Waals surface area contributed by atoms with E-state index in [0.29, 0.717) is 0 Å². The molecule has 1 heterocycles. The standard InChI is InChI=1S/C11H22N2/c1-2-4-10(5-3-1)6-12-7-11-8-13-9-11/h10-13H,1-9H2. The fourth-order valence-electron chi connectivity index (χ4n) is 2.38. The molecule has 76 valence electrons. The SMILES string of the molecule is C1CCC(CNCC2CNC2)CC1. The van der Waals surface area contributed by atoms with Crippen molar-refractivity contribution in [3.05, 3.63) is 0 Å². The third kappa shape index (κ3) is 2.96. The van der Waals surface area contributed by atoms with Crippen molar-refractivity contribution >= 4 is 0 Å². The number of hydrogen-bond acceptors (Lipinski definition) is 2. The van der Waals surface area contributed by atoms with Crippen molar-refractivity contribution in [2.75, 3.05) is 26.2 Å². The molecule has 2 heteroatoms. The summed E-state index contributed by atoms with van der Waals surface area (Å²) in [6.45, 7) is 4.98. The molecule has 1 aliphatic carbocycles. The molecule has 2 nitrogen and oxygen atoms in total. The molecule has 0 bridgehead atoms. The van der Waals surface area contributed by atoms with E-state index in [1.165, 1.54) is 58.3 Å². The van der Waals surface area contributed by atoms with Crippen molar-refractivity contribution in [2.45, 2.75) is 32.1 Å². The molecular weight excluding hydrogens is 160 g/mol. The fraction of sp³-hybridized carbons (Fsp3) is 1.00. The first-order chi connectivity index (χ1) is 6.45. The van der Waals surface area contributed by atoms with E-state index >= 15 is 0 Å². The zero-order valence-corrected chi connectivity index (χ0v) is 8.52. The van der Waals surface area contributed by atoms with E-state index in [0.717, 1.165) is 11.8 Å². The highest BCUT2D eigenvalue weighted by Crippen LogP contribution is 2.22. The largest absolute Gasteiger partial charge is 0.316 e. The lowest BCUT2D eigenvalue weighted by molar-refractivity contribution is 0.298. The maximum atomic E-state index is 3.62. The van der Waals surface area contributed by atoms with Crippen LogP contribution < -0.4 is 10.6 Å². The molecule has 2 N–H and O–H groups in total. The van der Waals surface area contributed by atoms with Crippen LogP contribution in [0.25, 0.3) is 0 Å². The smallest absolute Gasteiger partial charge is 0.000394 e. The predicted octanol–water partition coefficient (Wildman–Crippen LogP) is 1.38. The Morgan fingerprint density at radius 1 is 0.923 bits per heavy atom. The van der Waals surface area contributed by atoms with Gasteiger partial charge in [-0.15, -0.1) is 0 Å². The third-order valence-electron chi connectivity index (χ3n) is 3.46. The van der Waals surface area contributed by atoms with Crippen LogP contribution in [0.4, 0.5) is 0 Å². The van der Waals surface area contributed by atoms with Gasteiger partial charge in [-0.1, -0.05) is 19.3 Å². The lowest BCUT2D eigenvalue weighted by Crippen LogP contribution is -2.47. The van der Waals surface area contributed by atoms with Gasteiger partial charge in [0, 0.05) is 19.6 Å². The summed E-state index contributed by atoms with van der Waals surface area (Å²) in [7, 11) is 0. The quantitative estimate of drug-likeness (QED) is 0.686. The molecule has 0 radical (unpaired) electrons. The topological polar surface area (TPSA) is 24.1 Å². The monoisotopic (exact) mass is 182 g/mol. The first-order valence-electron chi connectivity index (χ1n) is 5.86. The molecule has 2 aliphatic rings. The van der Waals surface area contributed by atoms with Gasteiger partial charge in [0.1, 0.15) is 0 Å². The molecule has 2 rings (SSSR count). The van der Waals surface area contributed by atoms with Crippen LogP contribution in [0, 0.1) is 11.8 Å². The van der Waals surface area contributed by atoms with Gasteiger partial charge < -0.3 is 10.6 Å². The molecule has 0 aromatic heterocycles. The minimum Gasteiger partial charge on any atom is -0.316 e. The maximum Gasteiger partial charge on any atom is 0.000394 e. The Labute approximate surface area is 81.5 Å². The number of nitrogens with one attached hydrogen (secondary N) is 2. The van der Waals surface area contributed by atoms with Gasteiger partial charge in [0.05, 0.1) is 0 Å². The summed E-state index contributed by atoms with van der Waals surface area (Å²) in [4.78, 5) is 0. The zero-order chi connectivity index (χ0) is 8.93. The molecule has 2 fully saturated rings. The van der Waals surface area contributed by atoms with Crippen molar-refractivity contribution in [3.63, 3.8) is 0 Å². The molecule has 13 heavy (non-hydrogen) atoms. The lowest BCUT2D eigenvalue weighted by atomic mass is 9.89. The van der Waals surface area contributed by atoms with E-state index in [-0.39, 0.29) is 0 Å². The number of hydrogen-bond donors (Lipinski definition) is 2. The minimum absolute atomic E-state index is 0.920. The Morgan fingerprint density at radius 2 is 1.62 bits per heavy atom. The summed E-state index contributed by atoms with van der Waals surface area (Å²) in [5.74, 6) is 1.91. The Kier molecular flexibility index (Phi) is 3.62. The summed E-state index contributed by atoms with van der Waals surface area (Å²) in [6.07, 6.45) is 7.35. The molecule has 1 saturated carbocycles. The molecular formula is C11H22N2. The van der Waals surface area contributed by atoms with Crippen LogP contribution in [-0.2, 0) is 0 Å². The molecule has 0 atom stereocenters. The van der Waals surface area contributed by atoms with Crippen LogP contribution in [0.15, 0.2) is 0 Å². The molecule has 0 aromatic rings. The van der Waals surface area contributed by atoms with Crippen molar-refractivity contribution in [2.24, 2.45) is 11.8 Å². The normalized spacial score (nSPS) is 25.8. The average molecular weight is 182 g/mol. The second-order valence-corrected chi connectivity index (χ2v) is 4.69. The Morgan fingerprint density at radius 3 is 2.23 bits per heavy atom. The molecule has 1 aliphatic heterocycles. The van der Waals surface area contributed by atoms with E-state index in [9.17, 15) is 0 Å². The van der Waals surface area contributed by atoms with Crippen LogP contribution in [0.2, 0.25) is 0 Å². The minimum atomic E-state index is 0.920. The van der Waals surface area contributed by atoms with E-state index in [2.05, 4.69) is 10.6 Å². The average Bonchev–Trinajstić information content (AvgIpc) is 2.11. The van der Waals surface area contributed by atoms with Crippen molar-refractivity contribution in [3.8, 4) is 0 Å².